The average molecular weight is 377 g/mol. The van der Waals surface area contributed by atoms with Crippen LogP contribution < -0.4 is 9.80 Å². The Bertz CT molecular complexity index is 877. The second kappa shape index (κ2) is 6.93. The van der Waals surface area contributed by atoms with Gasteiger partial charge in [0, 0.05) is 25.9 Å². The minimum Gasteiger partial charge on any atom is -0.442 e. The van der Waals surface area contributed by atoms with Gasteiger partial charge in [0.25, 0.3) is 5.95 Å². The molecule has 4 rings (SSSR count). The summed E-state index contributed by atoms with van der Waals surface area (Å²) in [6.07, 6.45) is 0.772. The molecule has 1 aromatic heterocycles. The van der Waals surface area contributed by atoms with Crippen LogP contribution in [-0.4, -0.2) is 52.6 Å². The third-order valence-corrected chi connectivity index (χ3v) is 4.68. The van der Waals surface area contributed by atoms with Crippen molar-refractivity contribution in [3.05, 3.63) is 36.2 Å². The number of hydrogen-bond acceptors (Lipinski definition) is 6. The summed E-state index contributed by atoms with van der Waals surface area (Å²) in [5.74, 6) is -0.994. The number of rotatable bonds is 4. The van der Waals surface area contributed by atoms with Crippen LogP contribution in [0.5, 0.6) is 0 Å². The van der Waals surface area contributed by atoms with Gasteiger partial charge in [-0.25, -0.2) is 13.9 Å². The number of halogens is 2. The first kappa shape index (κ1) is 17.4. The summed E-state index contributed by atoms with van der Waals surface area (Å²) in [5.41, 5.74) is 0.787. The van der Waals surface area contributed by atoms with E-state index in [-0.39, 0.29) is 18.9 Å². The van der Waals surface area contributed by atoms with Gasteiger partial charge >= 0.3 is 6.09 Å². The Kier molecular flexibility index (Phi) is 4.46. The van der Waals surface area contributed by atoms with Gasteiger partial charge in [0.05, 0.1) is 30.7 Å². The molecule has 142 valence electrons. The lowest BCUT2D eigenvalue weighted by Crippen LogP contribution is -2.34. The minimum absolute atomic E-state index is 0.154. The van der Waals surface area contributed by atoms with E-state index < -0.39 is 24.0 Å². The molecule has 2 saturated heterocycles. The first-order chi connectivity index (χ1) is 13.0. The Balaban J connectivity index is 1.46. The van der Waals surface area contributed by atoms with Gasteiger partial charge in [-0.15, -0.1) is 0 Å². The monoisotopic (exact) mass is 377 g/mol. The molecule has 10 heteroatoms. The second-order valence-corrected chi connectivity index (χ2v) is 6.54. The van der Waals surface area contributed by atoms with Crippen molar-refractivity contribution in [2.24, 2.45) is 0 Å². The van der Waals surface area contributed by atoms with Crippen molar-refractivity contribution in [1.29, 1.82) is 0 Å². The fraction of sp³-hybridized carbons (Fsp3) is 0.412. The van der Waals surface area contributed by atoms with Crippen LogP contribution >= 0.6 is 0 Å². The number of benzene rings is 1. The molecule has 0 aliphatic carbocycles. The maximum absolute atomic E-state index is 14.6. The van der Waals surface area contributed by atoms with Gasteiger partial charge in [-0.2, -0.15) is 4.39 Å². The van der Waals surface area contributed by atoms with E-state index in [0.717, 1.165) is 6.20 Å². The van der Waals surface area contributed by atoms with Crippen LogP contribution in [0.1, 0.15) is 12.8 Å². The lowest BCUT2D eigenvalue weighted by Gasteiger charge is -2.28. The zero-order chi connectivity index (χ0) is 19.0. The van der Waals surface area contributed by atoms with Crippen LogP contribution in [0, 0.1) is 11.8 Å². The van der Waals surface area contributed by atoms with Crippen molar-refractivity contribution in [1.82, 2.24) is 15.0 Å². The summed E-state index contributed by atoms with van der Waals surface area (Å²) in [7, 11) is 0. The molecule has 0 spiro atoms. The van der Waals surface area contributed by atoms with E-state index in [9.17, 15) is 18.4 Å². The molecule has 0 saturated carbocycles. The van der Waals surface area contributed by atoms with E-state index in [1.807, 2.05) is 4.90 Å². The maximum atomic E-state index is 14.6. The van der Waals surface area contributed by atoms with Gasteiger partial charge in [-0.1, -0.05) is 10.3 Å². The zero-order valence-electron chi connectivity index (χ0n) is 14.3. The van der Waals surface area contributed by atoms with E-state index >= 15 is 0 Å². The van der Waals surface area contributed by atoms with Crippen molar-refractivity contribution in [2.75, 3.05) is 29.4 Å². The summed E-state index contributed by atoms with van der Waals surface area (Å²) in [6.45, 7) is 1.31. The van der Waals surface area contributed by atoms with E-state index in [1.165, 1.54) is 15.6 Å². The number of carbonyl (C=O) groups is 2. The lowest BCUT2D eigenvalue weighted by atomic mass is 10.1. The number of anilines is 2. The first-order valence-electron chi connectivity index (χ1n) is 8.59. The summed E-state index contributed by atoms with van der Waals surface area (Å²) < 4.78 is 34.0. The van der Waals surface area contributed by atoms with Gasteiger partial charge < -0.3 is 9.64 Å². The van der Waals surface area contributed by atoms with Gasteiger partial charge in [-0.3, -0.25) is 9.69 Å². The third-order valence-electron chi connectivity index (χ3n) is 4.68. The Morgan fingerprint density at radius 1 is 1.19 bits per heavy atom. The molecule has 0 unspecified atom stereocenters. The van der Waals surface area contributed by atoms with Crippen LogP contribution in [0.15, 0.2) is 24.4 Å². The standard InChI is InChI=1S/C17H17F2N5O3/c18-14-7-11(1-2-15(14)22-5-3-12(25)4-6-22)24-9-13(27-17(24)26)8-23-10-16(19)20-21-23/h1-2,7,10,13H,3-6,8-9H2/t13-/m0/s1. The van der Waals surface area contributed by atoms with Crippen LogP contribution in [-0.2, 0) is 16.1 Å². The highest BCUT2D eigenvalue weighted by Crippen LogP contribution is 2.29. The van der Waals surface area contributed by atoms with E-state index in [4.69, 9.17) is 4.74 Å². The van der Waals surface area contributed by atoms with Crippen LogP contribution in [0.2, 0.25) is 0 Å². The molecule has 27 heavy (non-hydrogen) atoms. The van der Waals surface area contributed by atoms with E-state index in [2.05, 4.69) is 10.3 Å². The van der Waals surface area contributed by atoms with Crippen molar-refractivity contribution in [3.8, 4) is 0 Å². The second-order valence-electron chi connectivity index (χ2n) is 6.54. The number of ketones is 1. The van der Waals surface area contributed by atoms with Crippen LogP contribution in [0.25, 0.3) is 0 Å². The molecule has 2 fully saturated rings. The third kappa shape index (κ3) is 3.60. The highest BCUT2D eigenvalue weighted by molar-refractivity contribution is 5.90. The lowest BCUT2D eigenvalue weighted by molar-refractivity contribution is -0.119. The van der Waals surface area contributed by atoms with E-state index in [0.29, 0.717) is 37.3 Å². The fourth-order valence-electron chi connectivity index (χ4n) is 3.32. The highest BCUT2D eigenvalue weighted by atomic mass is 19.1. The fourth-order valence-corrected chi connectivity index (χ4v) is 3.32. The number of Topliss-reactive ketones (excluding diaryl/α,β-unsaturated/α-hetero) is 1. The number of aromatic nitrogens is 3. The molecule has 0 bridgehead atoms. The number of piperidine rings is 1. The van der Waals surface area contributed by atoms with Crippen LogP contribution in [0.4, 0.5) is 25.0 Å². The molecule has 1 atom stereocenters. The number of amides is 1. The van der Waals surface area contributed by atoms with Crippen molar-refractivity contribution in [2.45, 2.75) is 25.5 Å². The Hall–Kier alpha value is -3.04. The number of nitrogens with zero attached hydrogens (tertiary/aromatic N) is 5. The van der Waals surface area contributed by atoms with Crippen molar-refractivity contribution < 1.29 is 23.1 Å². The molecule has 2 aliphatic rings. The molecule has 1 amide bonds. The number of ether oxygens (including phenoxy) is 1. The van der Waals surface area contributed by atoms with Crippen molar-refractivity contribution in [3.63, 3.8) is 0 Å². The molecule has 3 heterocycles. The summed E-state index contributed by atoms with van der Waals surface area (Å²) in [6, 6.07) is 4.53. The van der Waals surface area contributed by atoms with E-state index in [1.54, 1.807) is 12.1 Å². The number of hydrogen-bond donors (Lipinski definition) is 0. The number of carbonyl (C=O) groups excluding carboxylic acids is 2. The molecule has 8 nitrogen and oxygen atoms in total. The predicted molar refractivity (Wildman–Crippen MR) is 90.4 cm³/mol. The Morgan fingerprint density at radius 3 is 2.63 bits per heavy atom. The Labute approximate surface area is 153 Å². The maximum Gasteiger partial charge on any atom is 0.414 e. The molecule has 0 radical (unpaired) electrons. The highest BCUT2D eigenvalue weighted by Gasteiger charge is 2.33. The SMILES string of the molecule is O=C1CCN(c2ccc(N3C[C@H](Cn4cc(F)nn4)OC3=O)cc2F)CC1. The smallest absolute Gasteiger partial charge is 0.414 e. The molecule has 1 aromatic carbocycles. The van der Waals surface area contributed by atoms with Crippen LogP contribution in [0.3, 0.4) is 0 Å². The molecular weight excluding hydrogens is 360 g/mol. The molecular formula is C17H17F2N5O3. The predicted octanol–water partition coefficient (Wildman–Crippen LogP) is 1.75. The van der Waals surface area contributed by atoms with Gasteiger partial charge in [0.15, 0.2) is 0 Å². The Morgan fingerprint density at radius 2 is 1.96 bits per heavy atom. The minimum atomic E-state index is -0.715. The van der Waals surface area contributed by atoms with Crippen molar-refractivity contribution >= 4 is 23.3 Å². The van der Waals surface area contributed by atoms with Gasteiger partial charge in [0.1, 0.15) is 17.7 Å². The number of cyclic esters (lactones) is 1. The molecule has 0 N–H and O–H groups in total. The largest absolute Gasteiger partial charge is 0.442 e. The summed E-state index contributed by atoms with van der Waals surface area (Å²) >= 11 is 0. The normalized spacial score (nSPS) is 20.3. The van der Waals surface area contributed by atoms with Gasteiger partial charge in [0.2, 0.25) is 0 Å². The topological polar surface area (TPSA) is 80.6 Å². The molecule has 2 aromatic rings. The quantitative estimate of drug-likeness (QED) is 0.808. The summed E-state index contributed by atoms with van der Waals surface area (Å²) in [5, 5.41) is 6.82. The molecule has 2 aliphatic heterocycles. The average Bonchev–Trinajstić information content (AvgIpc) is 3.21. The summed E-state index contributed by atoms with van der Waals surface area (Å²) in [4.78, 5) is 26.6. The van der Waals surface area contributed by atoms with Gasteiger partial charge in [-0.05, 0) is 18.2 Å². The first-order valence-corrected chi connectivity index (χ1v) is 8.59. The zero-order valence-corrected chi connectivity index (χ0v) is 14.3.